The second-order valence-electron chi connectivity index (χ2n) is 5.94. The van der Waals surface area contributed by atoms with Gasteiger partial charge in [0.1, 0.15) is 5.75 Å². The Morgan fingerprint density at radius 1 is 1.40 bits per heavy atom. The van der Waals surface area contributed by atoms with Crippen molar-refractivity contribution >= 4 is 5.91 Å². The summed E-state index contributed by atoms with van der Waals surface area (Å²) in [5, 5.41) is 9.33. The Morgan fingerprint density at radius 2 is 2.15 bits per heavy atom. The van der Waals surface area contributed by atoms with Crippen LogP contribution >= 0.6 is 0 Å². The van der Waals surface area contributed by atoms with Gasteiger partial charge in [0.15, 0.2) is 0 Å². The van der Waals surface area contributed by atoms with Crippen LogP contribution in [0.25, 0.3) is 0 Å². The third kappa shape index (κ3) is 2.52. The van der Waals surface area contributed by atoms with E-state index < -0.39 is 0 Å². The number of amides is 1. The second-order valence-corrected chi connectivity index (χ2v) is 5.94. The van der Waals surface area contributed by atoms with Crippen LogP contribution in [-0.2, 0) is 4.79 Å². The van der Waals surface area contributed by atoms with Gasteiger partial charge in [-0.3, -0.25) is 4.79 Å². The minimum absolute atomic E-state index is 0.0880. The smallest absolute Gasteiger partial charge is 0.230 e. The zero-order valence-electron chi connectivity index (χ0n) is 11.8. The van der Waals surface area contributed by atoms with Crippen molar-refractivity contribution in [3.05, 3.63) is 29.8 Å². The molecule has 0 saturated heterocycles. The Balaban J connectivity index is 1.68. The molecule has 2 aliphatic rings. The van der Waals surface area contributed by atoms with Crippen LogP contribution < -0.4 is 4.74 Å². The maximum absolute atomic E-state index is 12.6. The van der Waals surface area contributed by atoms with Crippen molar-refractivity contribution in [1.82, 2.24) is 4.90 Å². The van der Waals surface area contributed by atoms with E-state index in [2.05, 4.69) is 0 Å². The highest BCUT2D eigenvalue weighted by molar-refractivity contribution is 5.84. The Kier molecular flexibility index (Phi) is 3.66. The summed E-state index contributed by atoms with van der Waals surface area (Å²) in [6.45, 7) is 1.35. The van der Waals surface area contributed by atoms with Gasteiger partial charge in [-0.1, -0.05) is 18.2 Å². The average molecular weight is 275 g/mol. The summed E-state index contributed by atoms with van der Waals surface area (Å²) in [5.41, 5.74) is 1.00. The first-order valence-corrected chi connectivity index (χ1v) is 7.30. The maximum atomic E-state index is 12.6. The zero-order chi connectivity index (χ0) is 14.1. The molecule has 1 atom stereocenters. The lowest BCUT2D eigenvalue weighted by molar-refractivity contribution is -0.133. The largest absolute Gasteiger partial charge is 0.493 e. The number of aliphatic hydroxyl groups is 1. The number of hydrogen-bond acceptors (Lipinski definition) is 3. The molecular weight excluding hydrogens is 254 g/mol. The van der Waals surface area contributed by atoms with Crippen molar-refractivity contribution in [2.45, 2.75) is 31.3 Å². The standard InChI is InChI=1S/C16H21NO3/c1-17(10-11-8-12(18)9-11)16(19)14-6-7-20-15-5-3-2-4-13(14)15/h2-5,11-12,14,18H,6-10H2,1H3. The molecule has 3 rings (SSSR count). The Bertz CT molecular complexity index is 496. The Hall–Kier alpha value is -1.55. The number of hydrogen-bond donors (Lipinski definition) is 1. The van der Waals surface area contributed by atoms with Gasteiger partial charge in [-0.05, 0) is 31.2 Å². The van der Waals surface area contributed by atoms with E-state index in [4.69, 9.17) is 4.74 Å². The van der Waals surface area contributed by atoms with E-state index in [0.29, 0.717) is 12.5 Å². The predicted octanol–water partition coefficient (Wildman–Crippen LogP) is 1.78. The molecule has 1 aliphatic heterocycles. The lowest BCUT2D eigenvalue weighted by atomic mass is 9.82. The fourth-order valence-corrected chi connectivity index (χ4v) is 3.19. The quantitative estimate of drug-likeness (QED) is 0.915. The van der Waals surface area contributed by atoms with E-state index in [1.54, 1.807) is 0 Å². The molecule has 1 N–H and O–H groups in total. The number of ether oxygens (including phenoxy) is 1. The van der Waals surface area contributed by atoms with Crippen molar-refractivity contribution in [3.8, 4) is 5.75 Å². The third-order valence-corrected chi connectivity index (χ3v) is 4.38. The van der Waals surface area contributed by atoms with Crippen LogP contribution in [-0.4, -0.2) is 42.2 Å². The number of carbonyl (C=O) groups is 1. The van der Waals surface area contributed by atoms with Gasteiger partial charge < -0.3 is 14.7 Å². The molecule has 108 valence electrons. The predicted molar refractivity (Wildman–Crippen MR) is 75.7 cm³/mol. The number of para-hydroxylation sites is 1. The first-order chi connectivity index (χ1) is 9.65. The number of benzene rings is 1. The molecule has 1 fully saturated rings. The monoisotopic (exact) mass is 275 g/mol. The van der Waals surface area contributed by atoms with Crippen LogP contribution in [0.1, 0.15) is 30.7 Å². The zero-order valence-corrected chi connectivity index (χ0v) is 11.8. The molecule has 4 nitrogen and oxygen atoms in total. The molecule has 0 spiro atoms. The van der Waals surface area contributed by atoms with Crippen LogP contribution in [0.4, 0.5) is 0 Å². The first kappa shape index (κ1) is 13.4. The second kappa shape index (κ2) is 5.44. The molecule has 1 saturated carbocycles. The average Bonchev–Trinajstić information content (AvgIpc) is 2.44. The fourth-order valence-electron chi connectivity index (χ4n) is 3.19. The summed E-state index contributed by atoms with van der Waals surface area (Å²) in [6.07, 6.45) is 2.23. The van der Waals surface area contributed by atoms with Crippen molar-refractivity contribution < 1.29 is 14.6 Å². The molecule has 1 aromatic rings. The SMILES string of the molecule is CN(CC1CC(O)C1)C(=O)C1CCOc2ccccc21. The minimum Gasteiger partial charge on any atom is -0.493 e. The molecule has 20 heavy (non-hydrogen) atoms. The Labute approximate surface area is 119 Å². The van der Waals surface area contributed by atoms with E-state index in [1.165, 1.54) is 0 Å². The van der Waals surface area contributed by atoms with Gasteiger partial charge in [0.2, 0.25) is 5.91 Å². The Morgan fingerprint density at radius 3 is 2.90 bits per heavy atom. The van der Waals surface area contributed by atoms with Gasteiger partial charge in [-0.2, -0.15) is 0 Å². The lowest BCUT2D eigenvalue weighted by Crippen LogP contribution is -2.42. The third-order valence-electron chi connectivity index (χ3n) is 4.38. The van der Waals surface area contributed by atoms with Gasteiger partial charge in [-0.15, -0.1) is 0 Å². The van der Waals surface area contributed by atoms with Crippen LogP contribution in [0, 0.1) is 5.92 Å². The highest BCUT2D eigenvalue weighted by Crippen LogP contribution is 2.35. The lowest BCUT2D eigenvalue weighted by Gasteiger charge is -2.36. The molecule has 1 aromatic carbocycles. The number of rotatable bonds is 3. The summed E-state index contributed by atoms with van der Waals surface area (Å²) in [6, 6.07) is 7.80. The molecule has 0 bridgehead atoms. The van der Waals surface area contributed by atoms with Crippen molar-refractivity contribution in [3.63, 3.8) is 0 Å². The molecule has 1 unspecified atom stereocenters. The minimum atomic E-state index is -0.160. The van der Waals surface area contributed by atoms with Gasteiger partial charge in [0.05, 0.1) is 18.6 Å². The molecule has 0 radical (unpaired) electrons. The van der Waals surface area contributed by atoms with Crippen molar-refractivity contribution in [2.75, 3.05) is 20.2 Å². The molecule has 1 amide bonds. The molecular formula is C16H21NO3. The highest BCUT2D eigenvalue weighted by Gasteiger charge is 2.33. The topological polar surface area (TPSA) is 49.8 Å². The number of aliphatic hydroxyl groups excluding tert-OH is 1. The number of likely N-dealkylation sites (N-methyl/N-ethyl adjacent to an activating group) is 1. The maximum Gasteiger partial charge on any atom is 0.230 e. The van der Waals surface area contributed by atoms with Crippen molar-refractivity contribution in [2.24, 2.45) is 5.92 Å². The van der Waals surface area contributed by atoms with Gasteiger partial charge in [0, 0.05) is 19.2 Å². The number of nitrogens with zero attached hydrogens (tertiary/aromatic N) is 1. The molecule has 0 aromatic heterocycles. The fraction of sp³-hybridized carbons (Fsp3) is 0.562. The number of fused-ring (bicyclic) bond motifs is 1. The van der Waals surface area contributed by atoms with Crippen molar-refractivity contribution in [1.29, 1.82) is 0 Å². The van der Waals surface area contributed by atoms with Crippen LogP contribution in [0.15, 0.2) is 24.3 Å². The summed E-state index contributed by atoms with van der Waals surface area (Å²) in [7, 11) is 1.87. The van der Waals surface area contributed by atoms with Crippen LogP contribution in [0.2, 0.25) is 0 Å². The first-order valence-electron chi connectivity index (χ1n) is 7.30. The van der Waals surface area contributed by atoms with E-state index in [0.717, 1.165) is 37.1 Å². The van der Waals surface area contributed by atoms with Gasteiger partial charge in [-0.25, -0.2) is 0 Å². The summed E-state index contributed by atoms with van der Waals surface area (Å²) < 4.78 is 5.61. The van der Waals surface area contributed by atoms with E-state index in [-0.39, 0.29) is 17.9 Å². The van der Waals surface area contributed by atoms with E-state index in [1.807, 2.05) is 36.2 Å². The summed E-state index contributed by atoms with van der Waals surface area (Å²) in [4.78, 5) is 14.4. The summed E-state index contributed by atoms with van der Waals surface area (Å²) >= 11 is 0. The van der Waals surface area contributed by atoms with Gasteiger partial charge in [0.25, 0.3) is 0 Å². The molecule has 1 heterocycles. The normalized spacial score (nSPS) is 28.0. The highest BCUT2D eigenvalue weighted by atomic mass is 16.5. The molecule has 1 aliphatic carbocycles. The summed E-state index contributed by atoms with van der Waals surface area (Å²) in [5.74, 6) is 1.37. The van der Waals surface area contributed by atoms with Crippen LogP contribution in [0.3, 0.4) is 0 Å². The number of carbonyl (C=O) groups excluding carboxylic acids is 1. The van der Waals surface area contributed by atoms with E-state index >= 15 is 0 Å². The van der Waals surface area contributed by atoms with Crippen LogP contribution in [0.5, 0.6) is 5.75 Å². The van der Waals surface area contributed by atoms with Gasteiger partial charge >= 0.3 is 0 Å². The van der Waals surface area contributed by atoms with E-state index in [9.17, 15) is 9.90 Å². The molecule has 4 heteroatoms.